The first kappa shape index (κ1) is 19.8. The van der Waals surface area contributed by atoms with Crippen LogP contribution in [0.4, 0.5) is 5.69 Å². The second kappa shape index (κ2) is 8.49. The summed E-state index contributed by atoms with van der Waals surface area (Å²) >= 11 is 0. The van der Waals surface area contributed by atoms with Gasteiger partial charge in [0.2, 0.25) is 0 Å². The van der Waals surface area contributed by atoms with E-state index in [1.807, 2.05) is 24.3 Å². The van der Waals surface area contributed by atoms with Crippen LogP contribution in [0.1, 0.15) is 31.2 Å². The highest BCUT2D eigenvalue weighted by Crippen LogP contribution is 2.27. The van der Waals surface area contributed by atoms with Crippen molar-refractivity contribution in [2.75, 3.05) is 11.4 Å². The molecule has 0 fully saturated rings. The van der Waals surface area contributed by atoms with Crippen molar-refractivity contribution in [2.45, 2.75) is 38.7 Å². The van der Waals surface area contributed by atoms with Crippen LogP contribution >= 0.6 is 0 Å². The third-order valence-corrected chi connectivity index (χ3v) is 5.26. The van der Waals surface area contributed by atoms with Gasteiger partial charge >= 0.3 is 5.97 Å². The van der Waals surface area contributed by atoms with Gasteiger partial charge in [-0.1, -0.05) is 30.3 Å². The van der Waals surface area contributed by atoms with Gasteiger partial charge in [0, 0.05) is 18.7 Å². The second-order valence-electron chi connectivity index (χ2n) is 7.38. The molecule has 4 rings (SSSR count). The molecular formula is C23H23N3O4. The Morgan fingerprint density at radius 1 is 1.17 bits per heavy atom. The van der Waals surface area contributed by atoms with Gasteiger partial charge in [-0.2, -0.15) is 0 Å². The minimum Gasteiger partial charge on any atom is -0.453 e. The average Bonchev–Trinajstić information content (AvgIpc) is 2.77. The van der Waals surface area contributed by atoms with Crippen molar-refractivity contribution in [3.8, 4) is 0 Å². The van der Waals surface area contributed by atoms with E-state index in [4.69, 9.17) is 4.74 Å². The van der Waals surface area contributed by atoms with Crippen LogP contribution in [0.3, 0.4) is 0 Å². The number of ether oxygens (including phenoxy) is 1. The number of aryl methyl sites for hydroxylation is 2. The molecule has 0 spiro atoms. The molecule has 0 unspecified atom stereocenters. The third kappa shape index (κ3) is 4.10. The molecule has 0 radical (unpaired) electrons. The summed E-state index contributed by atoms with van der Waals surface area (Å²) in [5.74, 6) is -0.315. The van der Waals surface area contributed by atoms with E-state index >= 15 is 0 Å². The van der Waals surface area contributed by atoms with Crippen LogP contribution in [0.5, 0.6) is 0 Å². The number of nitrogens with zero attached hydrogens (tertiary/aromatic N) is 2. The molecule has 0 bridgehead atoms. The number of carbonyl (C=O) groups excluding carboxylic acids is 2. The average molecular weight is 405 g/mol. The lowest BCUT2D eigenvalue weighted by Crippen LogP contribution is -2.42. The molecule has 0 aliphatic carbocycles. The fraction of sp³-hybridized carbons (Fsp3) is 0.304. The predicted molar refractivity (Wildman–Crippen MR) is 113 cm³/mol. The van der Waals surface area contributed by atoms with E-state index in [9.17, 15) is 14.4 Å². The molecular weight excluding hydrogens is 382 g/mol. The number of hydrogen-bond acceptors (Lipinski definition) is 5. The zero-order valence-electron chi connectivity index (χ0n) is 16.8. The van der Waals surface area contributed by atoms with Crippen molar-refractivity contribution in [3.63, 3.8) is 0 Å². The number of fused-ring (bicyclic) bond motifs is 2. The summed E-state index contributed by atoms with van der Waals surface area (Å²) in [4.78, 5) is 46.0. The summed E-state index contributed by atoms with van der Waals surface area (Å²) < 4.78 is 5.37. The van der Waals surface area contributed by atoms with Crippen LogP contribution in [0.2, 0.25) is 0 Å². The number of hydrogen-bond donors (Lipinski definition) is 1. The SMILES string of the molecule is C[C@H](OC(=O)CCc1nc2ccccc2c(=O)[nH]1)C(=O)N1CCCc2ccccc21. The van der Waals surface area contributed by atoms with Crippen LogP contribution in [0.15, 0.2) is 53.3 Å². The number of aromatic nitrogens is 2. The standard InChI is InChI=1S/C23H23N3O4/c1-15(23(29)26-14-6-8-16-7-2-5-11-19(16)26)30-21(27)13-12-20-24-18-10-4-3-9-17(18)22(28)25-20/h2-5,7,9-11,15H,6,8,12-14H2,1H3,(H,24,25,28)/t15-/m0/s1. The van der Waals surface area contributed by atoms with Gasteiger partial charge in [-0.05, 0) is 43.5 Å². The normalized spacial score (nSPS) is 14.2. The molecule has 2 heterocycles. The highest BCUT2D eigenvalue weighted by molar-refractivity contribution is 5.98. The number of aromatic amines is 1. The Hall–Kier alpha value is -3.48. The fourth-order valence-electron chi connectivity index (χ4n) is 3.76. The first-order valence-electron chi connectivity index (χ1n) is 10.1. The number of carbonyl (C=O) groups is 2. The van der Waals surface area contributed by atoms with E-state index in [2.05, 4.69) is 9.97 Å². The van der Waals surface area contributed by atoms with Gasteiger partial charge in [0.1, 0.15) is 5.82 Å². The zero-order valence-corrected chi connectivity index (χ0v) is 16.8. The third-order valence-electron chi connectivity index (χ3n) is 5.26. The lowest BCUT2D eigenvalue weighted by molar-refractivity contribution is -0.153. The number of anilines is 1. The summed E-state index contributed by atoms with van der Waals surface area (Å²) in [6.45, 7) is 2.20. The Balaban J connectivity index is 1.37. The number of H-pyrrole nitrogens is 1. The molecule has 3 aromatic rings. The molecule has 0 saturated carbocycles. The minimum absolute atomic E-state index is 0.0233. The molecule has 1 N–H and O–H groups in total. The minimum atomic E-state index is -0.882. The maximum atomic E-state index is 12.9. The van der Waals surface area contributed by atoms with E-state index in [0.717, 1.165) is 24.1 Å². The molecule has 1 amide bonds. The molecule has 7 heteroatoms. The van der Waals surface area contributed by atoms with E-state index in [1.54, 1.807) is 36.1 Å². The number of benzene rings is 2. The molecule has 2 aromatic carbocycles. The van der Waals surface area contributed by atoms with Gasteiger partial charge in [-0.3, -0.25) is 14.4 Å². The largest absolute Gasteiger partial charge is 0.453 e. The van der Waals surface area contributed by atoms with Crippen molar-refractivity contribution in [3.05, 3.63) is 70.3 Å². The van der Waals surface area contributed by atoms with E-state index in [1.165, 1.54) is 0 Å². The van der Waals surface area contributed by atoms with Gasteiger partial charge in [-0.15, -0.1) is 0 Å². The summed E-state index contributed by atoms with van der Waals surface area (Å²) in [5.41, 5.74) is 2.35. The molecule has 1 aliphatic heterocycles. The quantitative estimate of drug-likeness (QED) is 0.659. The van der Waals surface area contributed by atoms with Crippen LogP contribution in [0.25, 0.3) is 10.9 Å². The predicted octanol–water partition coefficient (Wildman–Crippen LogP) is 2.77. The van der Waals surface area contributed by atoms with Crippen LogP contribution in [0, 0.1) is 0 Å². The first-order valence-corrected chi connectivity index (χ1v) is 10.1. The van der Waals surface area contributed by atoms with Crippen molar-refractivity contribution < 1.29 is 14.3 Å². The van der Waals surface area contributed by atoms with Crippen molar-refractivity contribution in [2.24, 2.45) is 0 Å². The van der Waals surface area contributed by atoms with E-state index in [0.29, 0.717) is 23.3 Å². The Morgan fingerprint density at radius 2 is 1.93 bits per heavy atom. The molecule has 0 saturated heterocycles. The van der Waals surface area contributed by atoms with Crippen LogP contribution in [-0.4, -0.2) is 34.5 Å². The fourth-order valence-corrected chi connectivity index (χ4v) is 3.76. The lowest BCUT2D eigenvalue weighted by Gasteiger charge is -2.31. The first-order chi connectivity index (χ1) is 14.5. The maximum Gasteiger partial charge on any atom is 0.307 e. The monoisotopic (exact) mass is 405 g/mol. The van der Waals surface area contributed by atoms with E-state index < -0.39 is 12.1 Å². The summed E-state index contributed by atoms with van der Waals surface area (Å²) in [7, 11) is 0. The highest BCUT2D eigenvalue weighted by atomic mass is 16.5. The molecule has 154 valence electrons. The van der Waals surface area contributed by atoms with Crippen molar-refractivity contribution >= 4 is 28.5 Å². The summed E-state index contributed by atoms with van der Waals surface area (Å²) in [6, 6.07) is 14.8. The Morgan fingerprint density at radius 3 is 2.80 bits per heavy atom. The van der Waals surface area contributed by atoms with Gasteiger partial charge in [0.25, 0.3) is 11.5 Å². The number of para-hydroxylation sites is 2. The summed E-state index contributed by atoms with van der Waals surface area (Å²) in [6.07, 6.45) is 1.18. The van der Waals surface area contributed by atoms with Crippen molar-refractivity contribution in [1.82, 2.24) is 9.97 Å². The van der Waals surface area contributed by atoms with Crippen LogP contribution < -0.4 is 10.5 Å². The van der Waals surface area contributed by atoms with Gasteiger partial charge < -0.3 is 14.6 Å². The number of esters is 1. The Bertz CT molecular complexity index is 1150. The second-order valence-corrected chi connectivity index (χ2v) is 7.38. The number of nitrogens with one attached hydrogen (secondary N) is 1. The van der Waals surface area contributed by atoms with Gasteiger partial charge in [-0.25, -0.2) is 4.98 Å². The Labute approximate surface area is 173 Å². The van der Waals surface area contributed by atoms with Gasteiger partial charge in [0.05, 0.1) is 17.3 Å². The number of amides is 1. The lowest BCUT2D eigenvalue weighted by atomic mass is 10.0. The number of rotatable bonds is 5. The maximum absolute atomic E-state index is 12.9. The molecule has 1 aliphatic rings. The smallest absolute Gasteiger partial charge is 0.307 e. The van der Waals surface area contributed by atoms with Crippen molar-refractivity contribution in [1.29, 1.82) is 0 Å². The summed E-state index contributed by atoms with van der Waals surface area (Å²) in [5, 5.41) is 0.504. The molecule has 30 heavy (non-hydrogen) atoms. The molecule has 1 aromatic heterocycles. The topological polar surface area (TPSA) is 92.4 Å². The highest BCUT2D eigenvalue weighted by Gasteiger charge is 2.28. The Kier molecular flexibility index (Phi) is 5.61. The van der Waals surface area contributed by atoms with E-state index in [-0.39, 0.29) is 24.3 Å². The molecule has 1 atom stereocenters. The molecule has 7 nitrogen and oxygen atoms in total. The van der Waals surface area contributed by atoms with Gasteiger partial charge in [0.15, 0.2) is 6.10 Å². The zero-order chi connectivity index (χ0) is 21.1. The van der Waals surface area contributed by atoms with Crippen LogP contribution in [-0.2, 0) is 27.2 Å².